The second kappa shape index (κ2) is 8.07. The Morgan fingerprint density at radius 1 is 1.30 bits per heavy atom. The fourth-order valence-corrected chi connectivity index (χ4v) is 3.57. The molecule has 1 unspecified atom stereocenters. The summed E-state index contributed by atoms with van der Waals surface area (Å²) < 4.78 is 32.1. The maximum Gasteiger partial charge on any atom is 0.274 e. The van der Waals surface area contributed by atoms with Crippen molar-refractivity contribution in [3.63, 3.8) is 0 Å². The van der Waals surface area contributed by atoms with E-state index in [1.165, 1.54) is 6.07 Å². The van der Waals surface area contributed by atoms with Gasteiger partial charge in [0.25, 0.3) is 10.0 Å². The number of sulfonamides is 1. The van der Waals surface area contributed by atoms with Gasteiger partial charge in [-0.1, -0.05) is 13.8 Å². The molecule has 116 valence electrons. The molecule has 2 N–H and O–H groups in total. The zero-order valence-corrected chi connectivity index (χ0v) is 14.1. The minimum absolute atomic E-state index is 0.0215. The van der Waals surface area contributed by atoms with Gasteiger partial charge in [0.2, 0.25) is 5.09 Å². The summed E-state index contributed by atoms with van der Waals surface area (Å²) in [6.45, 7) is 7.46. The van der Waals surface area contributed by atoms with Crippen molar-refractivity contribution < 1.29 is 12.8 Å². The van der Waals surface area contributed by atoms with Gasteiger partial charge in [0.15, 0.2) is 0 Å². The molecule has 1 aromatic rings. The molecule has 0 aliphatic rings. The number of thioether (sulfide) groups is 1. The van der Waals surface area contributed by atoms with Crippen molar-refractivity contribution in [1.29, 1.82) is 0 Å². The van der Waals surface area contributed by atoms with E-state index in [0.717, 1.165) is 12.3 Å². The molecule has 20 heavy (non-hydrogen) atoms. The van der Waals surface area contributed by atoms with Crippen LogP contribution < -0.4 is 10.0 Å². The molecule has 0 spiro atoms. The Kier molecular flexibility index (Phi) is 7.08. The standard InChI is InChI=1S/C13H24N2O3S2/c1-10(2)7-14-8-12-5-6-13(18-12)20(16,17)15-11(3)9-19-4/h5-6,10-11,14-15H,7-9H2,1-4H3. The van der Waals surface area contributed by atoms with E-state index in [2.05, 4.69) is 23.9 Å². The van der Waals surface area contributed by atoms with Gasteiger partial charge in [-0.3, -0.25) is 0 Å². The summed E-state index contributed by atoms with van der Waals surface area (Å²) in [6.07, 6.45) is 1.94. The van der Waals surface area contributed by atoms with Crippen LogP contribution in [0.2, 0.25) is 0 Å². The van der Waals surface area contributed by atoms with E-state index in [4.69, 9.17) is 4.42 Å². The molecule has 5 nitrogen and oxygen atoms in total. The molecule has 0 saturated carbocycles. The van der Waals surface area contributed by atoms with Gasteiger partial charge in [0.05, 0.1) is 6.54 Å². The molecule has 0 fully saturated rings. The summed E-state index contributed by atoms with van der Waals surface area (Å²) >= 11 is 1.60. The molecule has 1 rings (SSSR count). The second-order valence-corrected chi connectivity index (χ2v) is 7.78. The van der Waals surface area contributed by atoms with E-state index in [9.17, 15) is 8.42 Å². The Balaban J connectivity index is 2.61. The Hall–Kier alpha value is -0.500. The van der Waals surface area contributed by atoms with E-state index < -0.39 is 10.0 Å². The molecule has 0 aromatic carbocycles. The third-order valence-corrected chi connectivity index (χ3v) is 4.82. The van der Waals surface area contributed by atoms with Crippen LogP contribution in [-0.4, -0.2) is 33.0 Å². The molecule has 0 amide bonds. The van der Waals surface area contributed by atoms with Gasteiger partial charge in [-0.25, -0.2) is 13.1 Å². The van der Waals surface area contributed by atoms with E-state index in [1.54, 1.807) is 17.8 Å². The minimum Gasteiger partial charge on any atom is -0.447 e. The van der Waals surface area contributed by atoms with E-state index >= 15 is 0 Å². The first-order chi connectivity index (χ1) is 9.35. The van der Waals surface area contributed by atoms with Gasteiger partial charge in [-0.05, 0) is 37.8 Å². The lowest BCUT2D eigenvalue weighted by molar-refractivity contribution is 0.393. The van der Waals surface area contributed by atoms with Gasteiger partial charge in [0.1, 0.15) is 5.76 Å². The molecular formula is C13H24N2O3S2. The Bertz CT molecular complexity index is 497. The van der Waals surface area contributed by atoms with Crippen molar-refractivity contribution in [1.82, 2.24) is 10.0 Å². The molecule has 0 radical (unpaired) electrons. The summed E-state index contributed by atoms with van der Waals surface area (Å²) in [5.74, 6) is 1.90. The van der Waals surface area contributed by atoms with Crippen LogP contribution >= 0.6 is 11.8 Å². The Labute approximate surface area is 125 Å². The highest BCUT2D eigenvalue weighted by atomic mass is 32.2. The molecule has 0 aliphatic carbocycles. The lowest BCUT2D eigenvalue weighted by Crippen LogP contribution is -2.34. The van der Waals surface area contributed by atoms with Gasteiger partial charge in [-0.15, -0.1) is 0 Å². The number of nitrogens with one attached hydrogen (secondary N) is 2. The third-order valence-electron chi connectivity index (χ3n) is 2.53. The van der Waals surface area contributed by atoms with Crippen molar-refractivity contribution in [3.8, 4) is 0 Å². The molecule has 1 heterocycles. The van der Waals surface area contributed by atoms with E-state index in [1.807, 2.05) is 13.2 Å². The Morgan fingerprint density at radius 3 is 2.60 bits per heavy atom. The molecule has 0 saturated heterocycles. The van der Waals surface area contributed by atoms with Crippen LogP contribution in [0, 0.1) is 5.92 Å². The summed E-state index contributed by atoms with van der Waals surface area (Å²) in [5, 5.41) is 3.19. The number of hydrogen-bond acceptors (Lipinski definition) is 5. The summed E-state index contributed by atoms with van der Waals surface area (Å²) in [5.41, 5.74) is 0. The molecule has 0 aliphatic heterocycles. The van der Waals surface area contributed by atoms with Crippen LogP contribution in [0.4, 0.5) is 0 Å². The quantitative estimate of drug-likeness (QED) is 0.729. The average molecular weight is 320 g/mol. The second-order valence-electron chi connectivity index (χ2n) is 5.22. The van der Waals surface area contributed by atoms with Crippen molar-refractivity contribution in [2.45, 2.75) is 38.5 Å². The molecule has 1 atom stereocenters. The predicted octanol–water partition coefficient (Wildman–Crippen LogP) is 2.05. The lowest BCUT2D eigenvalue weighted by Gasteiger charge is -2.11. The van der Waals surface area contributed by atoms with E-state index in [-0.39, 0.29) is 11.1 Å². The first kappa shape index (κ1) is 17.6. The first-order valence-corrected chi connectivity index (χ1v) is 9.53. The number of hydrogen-bond donors (Lipinski definition) is 2. The van der Waals surface area contributed by atoms with Crippen LogP contribution in [0.3, 0.4) is 0 Å². The smallest absolute Gasteiger partial charge is 0.274 e. The number of rotatable bonds is 9. The SMILES string of the molecule is CSCC(C)NS(=O)(=O)c1ccc(CNCC(C)C)o1. The zero-order chi connectivity index (χ0) is 15.2. The summed E-state index contributed by atoms with van der Waals surface area (Å²) in [7, 11) is -3.56. The molecule has 1 aromatic heterocycles. The minimum atomic E-state index is -3.56. The number of furan rings is 1. The topological polar surface area (TPSA) is 71.3 Å². The monoisotopic (exact) mass is 320 g/mol. The van der Waals surface area contributed by atoms with Gasteiger partial charge >= 0.3 is 0 Å². The summed E-state index contributed by atoms with van der Waals surface area (Å²) in [6, 6.07) is 3.07. The first-order valence-electron chi connectivity index (χ1n) is 6.66. The van der Waals surface area contributed by atoms with Gasteiger partial charge < -0.3 is 9.73 Å². The van der Waals surface area contributed by atoms with Crippen LogP contribution in [0.25, 0.3) is 0 Å². The van der Waals surface area contributed by atoms with Gasteiger partial charge in [-0.2, -0.15) is 11.8 Å². The van der Waals surface area contributed by atoms with Crippen LogP contribution in [-0.2, 0) is 16.6 Å². The summed E-state index contributed by atoms with van der Waals surface area (Å²) in [4.78, 5) is 0. The average Bonchev–Trinajstić information content (AvgIpc) is 2.77. The van der Waals surface area contributed by atoms with Crippen molar-refractivity contribution in [2.75, 3.05) is 18.6 Å². The van der Waals surface area contributed by atoms with Crippen molar-refractivity contribution >= 4 is 21.8 Å². The van der Waals surface area contributed by atoms with E-state index in [0.29, 0.717) is 18.2 Å². The predicted molar refractivity (Wildman–Crippen MR) is 83.4 cm³/mol. The Morgan fingerprint density at radius 2 is 2.00 bits per heavy atom. The van der Waals surface area contributed by atoms with Crippen LogP contribution in [0.1, 0.15) is 26.5 Å². The maximum atomic E-state index is 12.1. The van der Waals surface area contributed by atoms with Crippen LogP contribution in [0.15, 0.2) is 21.6 Å². The fourth-order valence-electron chi connectivity index (χ4n) is 1.69. The molecular weight excluding hydrogens is 296 g/mol. The zero-order valence-electron chi connectivity index (χ0n) is 12.5. The van der Waals surface area contributed by atoms with Gasteiger partial charge in [0, 0.05) is 11.8 Å². The fraction of sp³-hybridized carbons (Fsp3) is 0.692. The highest BCUT2D eigenvalue weighted by molar-refractivity contribution is 7.98. The molecule has 7 heteroatoms. The van der Waals surface area contributed by atoms with Crippen LogP contribution in [0.5, 0.6) is 0 Å². The lowest BCUT2D eigenvalue weighted by atomic mass is 10.2. The van der Waals surface area contributed by atoms with Crippen molar-refractivity contribution in [2.24, 2.45) is 5.92 Å². The normalized spacial score (nSPS) is 13.8. The highest BCUT2D eigenvalue weighted by Crippen LogP contribution is 2.14. The van der Waals surface area contributed by atoms with Crippen molar-refractivity contribution in [3.05, 3.63) is 17.9 Å². The largest absolute Gasteiger partial charge is 0.447 e. The third kappa shape index (κ3) is 5.87. The maximum absolute atomic E-state index is 12.1. The molecule has 0 bridgehead atoms. The highest BCUT2D eigenvalue weighted by Gasteiger charge is 2.21.